The Morgan fingerprint density at radius 1 is 1.14 bits per heavy atom. The monoisotopic (exact) mass is 380 g/mol. The quantitative estimate of drug-likeness (QED) is 0.793. The van der Waals surface area contributed by atoms with E-state index >= 15 is 0 Å². The number of hydrogen-bond acceptors (Lipinski definition) is 5. The van der Waals surface area contributed by atoms with E-state index in [4.69, 9.17) is 9.72 Å². The van der Waals surface area contributed by atoms with Crippen LogP contribution in [0.1, 0.15) is 43.9 Å². The van der Waals surface area contributed by atoms with Crippen LogP contribution in [0.3, 0.4) is 0 Å². The van der Waals surface area contributed by atoms with Gasteiger partial charge in [-0.2, -0.15) is 0 Å². The Balaban J connectivity index is 1.50. The van der Waals surface area contributed by atoms with E-state index in [1.807, 2.05) is 24.4 Å². The van der Waals surface area contributed by atoms with Gasteiger partial charge in [-0.1, -0.05) is 30.3 Å². The molecule has 2 aliphatic heterocycles. The SMILES string of the molecule is CC(C)N1CCC(c2cncc(N3C(=O)OCC3Cc3ccccc3)n2)CC1. The lowest BCUT2D eigenvalue weighted by Crippen LogP contribution is -2.38. The van der Waals surface area contributed by atoms with Crippen LogP contribution in [-0.4, -0.2) is 52.7 Å². The summed E-state index contributed by atoms with van der Waals surface area (Å²) in [5.74, 6) is 1.00. The van der Waals surface area contributed by atoms with Gasteiger partial charge in [-0.25, -0.2) is 9.78 Å². The molecule has 1 aromatic carbocycles. The maximum atomic E-state index is 12.4. The summed E-state index contributed by atoms with van der Waals surface area (Å²) < 4.78 is 5.34. The molecule has 2 aromatic rings. The molecule has 3 heterocycles. The maximum Gasteiger partial charge on any atom is 0.415 e. The van der Waals surface area contributed by atoms with Crippen molar-refractivity contribution in [3.05, 3.63) is 54.0 Å². The van der Waals surface area contributed by atoms with Gasteiger partial charge in [-0.15, -0.1) is 0 Å². The zero-order chi connectivity index (χ0) is 19.5. The van der Waals surface area contributed by atoms with Crippen LogP contribution in [0.15, 0.2) is 42.7 Å². The molecule has 28 heavy (non-hydrogen) atoms. The Morgan fingerprint density at radius 2 is 1.89 bits per heavy atom. The zero-order valence-corrected chi connectivity index (χ0v) is 16.6. The number of carbonyl (C=O) groups is 1. The van der Waals surface area contributed by atoms with E-state index in [9.17, 15) is 4.79 Å². The molecule has 0 aliphatic carbocycles. The van der Waals surface area contributed by atoms with Gasteiger partial charge in [-0.05, 0) is 51.8 Å². The molecular weight excluding hydrogens is 352 g/mol. The molecule has 0 saturated carbocycles. The summed E-state index contributed by atoms with van der Waals surface area (Å²) >= 11 is 0. The predicted molar refractivity (Wildman–Crippen MR) is 108 cm³/mol. The Kier molecular flexibility index (Phi) is 5.57. The number of hydrogen-bond donors (Lipinski definition) is 0. The number of anilines is 1. The first-order valence-electron chi connectivity index (χ1n) is 10.2. The van der Waals surface area contributed by atoms with Crippen LogP contribution in [0.25, 0.3) is 0 Å². The lowest BCUT2D eigenvalue weighted by atomic mass is 9.93. The number of piperidine rings is 1. The van der Waals surface area contributed by atoms with E-state index in [1.165, 1.54) is 5.56 Å². The van der Waals surface area contributed by atoms with Crippen molar-refractivity contribution in [3.63, 3.8) is 0 Å². The largest absolute Gasteiger partial charge is 0.447 e. The number of likely N-dealkylation sites (tertiary alicyclic amines) is 1. The highest BCUT2D eigenvalue weighted by molar-refractivity contribution is 5.89. The van der Waals surface area contributed by atoms with E-state index in [0.29, 0.717) is 24.4 Å². The first-order valence-corrected chi connectivity index (χ1v) is 10.2. The Bertz CT molecular complexity index is 803. The summed E-state index contributed by atoms with van der Waals surface area (Å²) in [6, 6.07) is 10.7. The average molecular weight is 380 g/mol. The number of rotatable bonds is 5. The average Bonchev–Trinajstić information content (AvgIpc) is 3.09. The molecule has 1 atom stereocenters. The highest BCUT2D eigenvalue weighted by atomic mass is 16.6. The highest BCUT2D eigenvalue weighted by Crippen LogP contribution is 2.30. The van der Waals surface area contributed by atoms with Crippen LogP contribution in [0.4, 0.5) is 10.6 Å². The van der Waals surface area contributed by atoms with Gasteiger partial charge in [0.15, 0.2) is 5.82 Å². The van der Waals surface area contributed by atoms with Crippen LogP contribution in [0.2, 0.25) is 0 Å². The normalized spacial score (nSPS) is 21.3. The van der Waals surface area contributed by atoms with Crippen molar-refractivity contribution in [2.24, 2.45) is 0 Å². The molecule has 6 heteroatoms. The smallest absolute Gasteiger partial charge is 0.415 e. The van der Waals surface area contributed by atoms with Gasteiger partial charge in [0.2, 0.25) is 0 Å². The molecular formula is C22H28N4O2. The Morgan fingerprint density at radius 3 is 2.61 bits per heavy atom. The molecule has 1 unspecified atom stereocenters. The number of carbonyl (C=O) groups excluding carboxylic acids is 1. The summed E-state index contributed by atoms with van der Waals surface area (Å²) in [5.41, 5.74) is 2.17. The topological polar surface area (TPSA) is 58.6 Å². The number of nitrogens with zero attached hydrogens (tertiary/aromatic N) is 4. The van der Waals surface area contributed by atoms with Crippen molar-refractivity contribution in [2.75, 3.05) is 24.6 Å². The summed E-state index contributed by atoms with van der Waals surface area (Å²) in [5, 5.41) is 0. The Hall–Kier alpha value is -2.47. The van der Waals surface area contributed by atoms with Gasteiger partial charge in [0, 0.05) is 18.2 Å². The van der Waals surface area contributed by atoms with E-state index in [2.05, 4.69) is 35.9 Å². The molecule has 2 fully saturated rings. The second kappa shape index (κ2) is 8.27. The molecule has 2 aliphatic rings. The third kappa shape index (κ3) is 4.02. The van der Waals surface area contributed by atoms with Crippen LogP contribution in [0, 0.1) is 0 Å². The lowest BCUT2D eigenvalue weighted by molar-refractivity contribution is 0.170. The van der Waals surface area contributed by atoms with Gasteiger partial charge in [-0.3, -0.25) is 9.88 Å². The third-order valence-electron chi connectivity index (χ3n) is 5.84. The van der Waals surface area contributed by atoms with Gasteiger partial charge in [0.25, 0.3) is 0 Å². The lowest BCUT2D eigenvalue weighted by Gasteiger charge is -2.34. The molecule has 6 nitrogen and oxygen atoms in total. The zero-order valence-electron chi connectivity index (χ0n) is 16.6. The summed E-state index contributed by atoms with van der Waals surface area (Å²) in [6.07, 6.45) is 6.10. The standard InChI is InChI=1S/C22H28N4O2/c1-16(2)25-10-8-18(9-11-25)20-13-23-14-21(24-20)26-19(15-28-22(26)27)12-17-6-4-3-5-7-17/h3-7,13-14,16,18-19H,8-12,15H2,1-2H3. The molecule has 148 valence electrons. The first-order chi connectivity index (χ1) is 13.6. The van der Waals surface area contributed by atoms with Gasteiger partial charge < -0.3 is 9.64 Å². The number of aromatic nitrogens is 2. The van der Waals surface area contributed by atoms with Crippen LogP contribution >= 0.6 is 0 Å². The number of ether oxygens (including phenoxy) is 1. The van der Waals surface area contributed by atoms with E-state index in [0.717, 1.165) is 38.0 Å². The third-order valence-corrected chi connectivity index (χ3v) is 5.84. The van der Waals surface area contributed by atoms with Gasteiger partial charge >= 0.3 is 6.09 Å². The van der Waals surface area contributed by atoms with Crippen molar-refractivity contribution in [1.29, 1.82) is 0 Å². The molecule has 1 amide bonds. The summed E-state index contributed by atoms with van der Waals surface area (Å²) in [4.78, 5) is 25.8. The minimum absolute atomic E-state index is 0.0535. The molecule has 2 saturated heterocycles. The predicted octanol–water partition coefficient (Wildman–Crippen LogP) is 3.63. The van der Waals surface area contributed by atoms with E-state index in [1.54, 1.807) is 11.1 Å². The van der Waals surface area contributed by atoms with E-state index in [-0.39, 0.29) is 12.1 Å². The fourth-order valence-electron chi connectivity index (χ4n) is 4.17. The molecule has 4 rings (SSSR count). The number of cyclic esters (lactones) is 1. The second-order valence-corrected chi connectivity index (χ2v) is 8.00. The van der Waals surface area contributed by atoms with Crippen LogP contribution in [0.5, 0.6) is 0 Å². The number of amides is 1. The van der Waals surface area contributed by atoms with Crippen molar-refractivity contribution >= 4 is 11.9 Å². The summed E-state index contributed by atoms with van der Waals surface area (Å²) in [6.45, 7) is 7.03. The molecule has 0 radical (unpaired) electrons. The summed E-state index contributed by atoms with van der Waals surface area (Å²) in [7, 11) is 0. The number of benzene rings is 1. The first kappa shape index (κ1) is 18.9. The minimum atomic E-state index is -0.331. The molecule has 1 aromatic heterocycles. The fraction of sp³-hybridized carbons (Fsp3) is 0.500. The molecule has 0 N–H and O–H groups in total. The van der Waals surface area contributed by atoms with Crippen LogP contribution in [-0.2, 0) is 11.2 Å². The van der Waals surface area contributed by atoms with Crippen molar-refractivity contribution in [3.8, 4) is 0 Å². The van der Waals surface area contributed by atoms with Crippen LogP contribution < -0.4 is 4.90 Å². The minimum Gasteiger partial charge on any atom is -0.447 e. The molecule has 0 spiro atoms. The van der Waals surface area contributed by atoms with Crippen molar-refractivity contribution in [1.82, 2.24) is 14.9 Å². The second-order valence-electron chi connectivity index (χ2n) is 8.00. The van der Waals surface area contributed by atoms with Gasteiger partial charge in [0.05, 0.1) is 17.9 Å². The maximum absolute atomic E-state index is 12.4. The fourth-order valence-corrected chi connectivity index (χ4v) is 4.17. The van der Waals surface area contributed by atoms with E-state index < -0.39 is 0 Å². The molecule has 0 bridgehead atoms. The Labute approximate surface area is 166 Å². The van der Waals surface area contributed by atoms with Crippen molar-refractivity contribution < 1.29 is 9.53 Å². The van der Waals surface area contributed by atoms with Crippen molar-refractivity contribution in [2.45, 2.75) is 51.1 Å². The highest BCUT2D eigenvalue weighted by Gasteiger charge is 2.36. The van der Waals surface area contributed by atoms with Gasteiger partial charge in [0.1, 0.15) is 6.61 Å².